The van der Waals surface area contributed by atoms with E-state index in [0.717, 1.165) is 26.9 Å². The van der Waals surface area contributed by atoms with Crippen molar-refractivity contribution in [2.45, 2.75) is 23.8 Å². The van der Waals surface area contributed by atoms with Gasteiger partial charge in [-0.3, -0.25) is 9.47 Å². The molecule has 0 bridgehead atoms. The minimum absolute atomic E-state index is 0.176. The van der Waals surface area contributed by atoms with E-state index in [2.05, 4.69) is 16.5 Å². The van der Waals surface area contributed by atoms with Gasteiger partial charge in [-0.05, 0) is 29.8 Å². The lowest BCUT2D eigenvalue weighted by atomic mass is 10.0. The quantitative estimate of drug-likeness (QED) is 0.519. The van der Waals surface area contributed by atoms with E-state index >= 15 is 0 Å². The standard InChI is InChI=1S/C25H26ClFN4O3S/c1-3-20(32)29-8-10-30(11-9-29)24-18-12-19(26)21(15-4-6-16(27)7-5-15)23-22(18)31(25(33)28-24)13-17(34-2)14-35-23/h3-7,12,17,20,32H,1,8-11,13-14H2,2H3/t17-,20?/m0/s1. The maximum Gasteiger partial charge on any atom is 0.350 e. The lowest BCUT2D eigenvalue weighted by Crippen LogP contribution is -2.50. The lowest BCUT2D eigenvalue weighted by Gasteiger charge is -2.37. The van der Waals surface area contributed by atoms with Crippen LogP contribution in [0.15, 0.2) is 52.7 Å². The summed E-state index contributed by atoms with van der Waals surface area (Å²) in [7, 11) is 1.64. The SMILES string of the molecule is C=CC(O)N1CCN(c2nc(=O)n3c4c(c(-c5ccc(F)cc5)c(Cl)cc24)SC[C@@H](OC)C3)CC1. The zero-order chi connectivity index (χ0) is 24.7. The Morgan fingerprint density at radius 2 is 2.00 bits per heavy atom. The molecule has 5 rings (SSSR count). The molecule has 1 saturated heterocycles. The summed E-state index contributed by atoms with van der Waals surface area (Å²) in [4.78, 5) is 22.7. The fourth-order valence-electron chi connectivity index (χ4n) is 4.72. The number of anilines is 1. The Hall–Kier alpha value is -2.43. The van der Waals surface area contributed by atoms with Crippen LogP contribution in [0.4, 0.5) is 10.2 Å². The number of halogens is 2. The highest BCUT2D eigenvalue weighted by atomic mass is 35.5. The molecule has 0 aliphatic carbocycles. The zero-order valence-corrected chi connectivity index (χ0v) is 20.9. The van der Waals surface area contributed by atoms with Gasteiger partial charge in [0.15, 0.2) is 0 Å². The van der Waals surface area contributed by atoms with Gasteiger partial charge in [0.1, 0.15) is 17.9 Å². The Morgan fingerprint density at radius 1 is 1.29 bits per heavy atom. The van der Waals surface area contributed by atoms with Crippen molar-refractivity contribution < 1.29 is 14.2 Å². The highest BCUT2D eigenvalue weighted by molar-refractivity contribution is 7.99. The Balaban J connectivity index is 1.69. The molecular weight excluding hydrogens is 491 g/mol. The average molecular weight is 517 g/mol. The third-order valence-electron chi connectivity index (χ3n) is 6.62. The maximum absolute atomic E-state index is 13.6. The zero-order valence-electron chi connectivity index (χ0n) is 19.3. The number of piperazine rings is 1. The van der Waals surface area contributed by atoms with Gasteiger partial charge in [-0.25, -0.2) is 9.18 Å². The largest absolute Gasteiger partial charge is 0.379 e. The van der Waals surface area contributed by atoms with E-state index in [4.69, 9.17) is 16.3 Å². The van der Waals surface area contributed by atoms with Crippen molar-refractivity contribution >= 4 is 40.1 Å². The predicted molar refractivity (Wildman–Crippen MR) is 138 cm³/mol. The summed E-state index contributed by atoms with van der Waals surface area (Å²) in [6.45, 7) is 6.44. The second-order valence-electron chi connectivity index (χ2n) is 8.64. The first kappa shape index (κ1) is 24.3. The Kier molecular flexibility index (Phi) is 6.87. The predicted octanol–water partition coefficient (Wildman–Crippen LogP) is 3.60. The molecule has 2 atom stereocenters. The maximum atomic E-state index is 13.6. The highest BCUT2D eigenvalue weighted by Crippen LogP contribution is 2.45. The fourth-order valence-corrected chi connectivity index (χ4v) is 6.41. The summed E-state index contributed by atoms with van der Waals surface area (Å²) >= 11 is 8.46. The van der Waals surface area contributed by atoms with E-state index in [1.54, 1.807) is 35.6 Å². The molecule has 184 valence electrons. The number of aliphatic hydroxyl groups excluding tert-OH is 1. The van der Waals surface area contributed by atoms with Gasteiger partial charge in [0.05, 0.1) is 23.2 Å². The highest BCUT2D eigenvalue weighted by Gasteiger charge is 2.29. The third-order valence-corrected chi connectivity index (χ3v) is 8.14. The number of benzene rings is 2. The molecule has 0 radical (unpaired) electrons. The lowest BCUT2D eigenvalue weighted by molar-refractivity contribution is 0.0380. The molecule has 0 amide bonds. The van der Waals surface area contributed by atoms with Crippen molar-refractivity contribution in [3.8, 4) is 11.1 Å². The molecule has 35 heavy (non-hydrogen) atoms. The molecule has 1 aromatic heterocycles. The molecule has 2 aliphatic rings. The van der Waals surface area contributed by atoms with E-state index < -0.39 is 6.23 Å². The van der Waals surface area contributed by atoms with Crippen LogP contribution >= 0.6 is 23.4 Å². The van der Waals surface area contributed by atoms with E-state index in [0.29, 0.717) is 49.3 Å². The Morgan fingerprint density at radius 3 is 2.66 bits per heavy atom. The first-order valence-corrected chi connectivity index (χ1v) is 12.8. The van der Waals surface area contributed by atoms with Gasteiger partial charge in [-0.1, -0.05) is 30.3 Å². The number of methoxy groups -OCH3 is 1. The third kappa shape index (κ3) is 4.47. The van der Waals surface area contributed by atoms with Crippen molar-refractivity contribution in [2.24, 2.45) is 0 Å². The second kappa shape index (κ2) is 9.91. The molecule has 7 nitrogen and oxygen atoms in total. The molecule has 1 unspecified atom stereocenters. The van der Waals surface area contributed by atoms with Crippen LogP contribution in [-0.2, 0) is 11.3 Å². The number of aliphatic hydroxyl groups is 1. The van der Waals surface area contributed by atoms with Crippen LogP contribution in [0.5, 0.6) is 0 Å². The molecule has 2 aliphatic heterocycles. The minimum Gasteiger partial charge on any atom is -0.379 e. The molecule has 2 aromatic carbocycles. The van der Waals surface area contributed by atoms with Gasteiger partial charge >= 0.3 is 5.69 Å². The van der Waals surface area contributed by atoms with Gasteiger partial charge in [0.2, 0.25) is 0 Å². The van der Waals surface area contributed by atoms with E-state index in [-0.39, 0.29) is 17.6 Å². The van der Waals surface area contributed by atoms with E-state index in [1.807, 2.05) is 11.0 Å². The summed E-state index contributed by atoms with van der Waals surface area (Å²) in [6, 6.07) is 8.07. The van der Waals surface area contributed by atoms with Crippen molar-refractivity contribution in [2.75, 3.05) is 43.9 Å². The van der Waals surface area contributed by atoms with Crippen LogP contribution in [0.1, 0.15) is 0 Å². The second-order valence-corrected chi connectivity index (χ2v) is 10.1. The molecule has 0 spiro atoms. The number of hydrogen-bond acceptors (Lipinski definition) is 7. The van der Waals surface area contributed by atoms with E-state index in [1.165, 1.54) is 18.2 Å². The van der Waals surface area contributed by atoms with Crippen LogP contribution in [0, 0.1) is 5.82 Å². The van der Waals surface area contributed by atoms with Gasteiger partial charge in [-0.15, -0.1) is 11.8 Å². The van der Waals surface area contributed by atoms with Crippen molar-refractivity contribution in [3.63, 3.8) is 0 Å². The minimum atomic E-state index is -0.703. The normalized spacial score (nSPS) is 19.5. The van der Waals surface area contributed by atoms with Crippen LogP contribution in [-0.4, -0.2) is 70.9 Å². The number of ether oxygens (including phenoxy) is 1. The van der Waals surface area contributed by atoms with Crippen molar-refractivity contribution in [1.82, 2.24) is 14.5 Å². The summed E-state index contributed by atoms with van der Waals surface area (Å²) in [6.07, 6.45) is 0.627. The van der Waals surface area contributed by atoms with Crippen LogP contribution in [0.25, 0.3) is 22.0 Å². The number of aromatic nitrogens is 2. The fraction of sp³-hybridized carbons (Fsp3) is 0.360. The molecule has 1 N–H and O–H groups in total. The summed E-state index contributed by atoms with van der Waals surface area (Å²) in [5.74, 6) is 0.890. The van der Waals surface area contributed by atoms with Crippen LogP contribution in [0.3, 0.4) is 0 Å². The van der Waals surface area contributed by atoms with Crippen molar-refractivity contribution in [1.29, 1.82) is 0 Å². The molecule has 1 fully saturated rings. The number of thioether (sulfide) groups is 1. The molecule has 10 heteroatoms. The smallest absolute Gasteiger partial charge is 0.350 e. The summed E-state index contributed by atoms with van der Waals surface area (Å²) in [5, 5.41) is 11.4. The van der Waals surface area contributed by atoms with Gasteiger partial charge in [-0.2, -0.15) is 4.98 Å². The van der Waals surface area contributed by atoms with E-state index in [9.17, 15) is 14.3 Å². The molecular formula is C25H26ClFN4O3S. The number of rotatable bonds is 5. The molecule has 3 aromatic rings. The summed E-state index contributed by atoms with van der Waals surface area (Å²) < 4.78 is 21.0. The average Bonchev–Trinajstić information content (AvgIpc) is 3.07. The van der Waals surface area contributed by atoms with Crippen LogP contribution < -0.4 is 10.6 Å². The van der Waals surface area contributed by atoms with Crippen molar-refractivity contribution in [3.05, 3.63) is 64.3 Å². The topological polar surface area (TPSA) is 70.8 Å². The molecule has 3 heterocycles. The Labute approximate surface area is 211 Å². The van der Waals surface area contributed by atoms with Crippen LogP contribution in [0.2, 0.25) is 5.02 Å². The monoisotopic (exact) mass is 516 g/mol. The first-order chi connectivity index (χ1) is 16.9. The summed E-state index contributed by atoms with van der Waals surface area (Å²) in [5.41, 5.74) is 1.97. The first-order valence-electron chi connectivity index (χ1n) is 11.4. The molecule has 0 saturated carbocycles. The van der Waals surface area contributed by atoms with Gasteiger partial charge in [0, 0.05) is 54.9 Å². The number of hydrogen-bond donors (Lipinski definition) is 1. The number of nitrogens with zero attached hydrogens (tertiary/aromatic N) is 4. The van der Waals surface area contributed by atoms with Gasteiger partial charge in [0.25, 0.3) is 0 Å². The Bertz CT molecular complexity index is 1330. The van der Waals surface area contributed by atoms with Gasteiger partial charge < -0.3 is 14.7 Å².